The van der Waals surface area contributed by atoms with Crippen LogP contribution in [0.15, 0.2) is 6.07 Å². The fraction of sp³-hybridized carbons (Fsp3) is 0.824. The van der Waals surface area contributed by atoms with E-state index in [1.165, 1.54) is 18.5 Å². The maximum absolute atomic E-state index is 6.30. The van der Waals surface area contributed by atoms with Gasteiger partial charge in [-0.3, -0.25) is 4.68 Å². The van der Waals surface area contributed by atoms with E-state index in [9.17, 15) is 0 Å². The van der Waals surface area contributed by atoms with Gasteiger partial charge < -0.3 is 10.1 Å². The van der Waals surface area contributed by atoms with Crippen LogP contribution in [-0.4, -0.2) is 35.1 Å². The lowest BCUT2D eigenvalue weighted by Crippen LogP contribution is -2.54. The van der Waals surface area contributed by atoms with Gasteiger partial charge in [-0.25, -0.2) is 0 Å². The lowest BCUT2D eigenvalue weighted by molar-refractivity contribution is -0.0950. The largest absolute Gasteiger partial charge is 0.374 e. The Morgan fingerprint density at radius 2 is 2.14 bits per heavy atom. The zero-order valence-corrected chi connectivity index (χ0v) is 14.3. The predicted octanol–water partition coefficient (Wildman–Crippen LogP) is 2.84. The first-order valence-electron chi connectivity index (χ1n) is 8.31. The number of aryl methyl sites for hydroxylation is 2. The zero-order valence-electron chi connectivity index (χ0n) is 14.3. The highest BCUT2D eigenvalue weighted by molar-refractivity contribution is 5.12. The summed E-state index contributed by atoms with van der Waals surface area (Å²) in [5.41, 5.74) is 2.35. The molecule has 0 spiro atoms. The van der Waals surface area contributed by atoms with Gasteiger partial charge in [0.15, 0.2) is 0 Å². The molecule has 120 valence electrons. The number of nitrogens with one attached hydrogen (secondary N) is 1. The van der Waals surface area contributed by atoms with Gasteiger partial charge in [0, 0.05) is 31.8 Å². The van der Waals surface area contributed by atoms with Crippen molar-refractivity contribution in [2.45, 2.75) is 64.5 Å². The van der Waals surface area contributed by atoms with E-state index < -0.39 is 0 Å². The summed E-state index contributed by atoms with van der Waals surface area (Å²) >= 11 is 0. The monoisotopic (exact) mass is 293 g/mol. The third-order valence-electron chi connectivity index (χ3n) is 5.05. The smallest absolute Gasteiger partial charge is 0.0838 e. The number of likely N-dealkylation sites (N-methyl/N-ethyl adjacent to an activating group) is 1. The Hall–Kier alpha value is -0.870. The zero-order chi connectivity index (χ0) is 15.5. The predicted molar refractivity (Wildman–Crippen MR) is 86.5 cm³/mol. The summed E-state index contributed by atoms with van der Waals surface area (Å²) in [5.74, 6) is 0.829. The second-order valence-electron chi connectivity index (χ2n) is 6.63. The molecule has 1 N–H and O–H groups in total. The minimum Gasteiger partial charge on any atom is -0.374 e. The van der Waals surface area contributed by atoms with E-state index >= 15 is 0 Å². The summed E-state index contributed by atoms with van der Waals surface area (Å²) in [7, 11) is 4.10. The first-order valence-corrected chi connectivity index (χ1v) is 8.31. The van der Waals surface area contributed by atoms with Gasteiger partial charge in [-0.2, -0.15) is 5.10 Å². The van der Waals surface area contributed by atoms with Crippen LogP contribution in [-0.2, 0) is 18.2 Å². The SMILES string of the molecule is CCOC1(C(Cc2cc(C)nn2C)NC)CCC(C)CC1. The molecule has 1 aliphatic rings. The van der Waals surface area contributed by atoms with Gasteiger partial charge in [0.1, 0.15) is 0 Å². The van der Waals surface area contributed by atoms with Crippen LogP contribution in [0.5, 0.6) is 0 Å². The Kier molecular flexibility index (Phi) is 5.44. The van der Waals surface area contributed by atoms with Gasteiger partial charge in [0.2, 0.25) is 0 Å². The molecule has 0 saturated heterocycles. The Morgan fingerprint density at radius 1 is 1.48 bits per heavy atom. The average Bonchev–Trinajstić information content (AvgIpc) is 2.77. The van der Waals surface area contributed by atoms with Gasteiger partial charge in [0.25, 0.3) is 0 Å². The molecule has 1 aliphatic carbocycles. The number of hydrogen-bond donors (Lipinski definition) is 1. The summed E-state index contributed by atoms with van der Waals surface area (Å²) in [5, 5.41) is 8.00. The van der Waals surface area contributed by atoms with Crippen LogP contribution in [0.25, 0.3) is 0 Å². The van der Waals surface area contributed by atoms with Crippen molar-refractivity contribution in [2.75, 3.05) is 13.7 Å². The molecule has 1 heterocycles. The van der Waals surface area contributed by atoms with Crippen LogP contribution in [0.2, 0.25) is 0 Å². The summed E-state index contributed by atoms with van der Waals surface area (Å²) in [6.07, 6.45) is 5.82. The Balaban J connectivity index is 2.17. The van der Waals surface area contributed by atoms with Crippen LogP contribution in [0.4, 0.5) is 0 Å². The molecule has 0 radical (unpaired) electrons. The molecule has 2 rings (SSSR count). The van der Waals surface area contributed by atoms with Crippen molar-refractivity contribution in [2.24, 2.45) is 13.0 Å². The third-order valence-corrected chi connectivity index (χ3v) is 5.05. The van der Waals surface area contributed by atoms with E-state index in [-0.39, 0.29) is 5.60 Å². The van der Waals surface area contributed by atoms with E-state index in [2.05, 4.69) is 44.3 Å². The van der Waals surface area contributed by atoms with Crippen LogP contribution >= 0.6 is 0 Å². The van der Waals surface area contributed by atoms with E-state index in [1.54, 1.807) is 0 Å². The molecule has 1 atom stereocenters. The lowest BCUT2D eigenvalue weighted by atomic mass is 9.74. The molecule has 0 bridgehead atoms. The standard InChI is InChI=1S/C17H31N3O/c1-6-21-17(9-7-13(2)8-10-17)16(18-4)12-15-11-14(3)19-20(15)5/h11,13,16,18H,6-10,12H2,1-5H3. The molecule has 4 heteroatoms. The van der Waals surface area contributed by atoms with Gasteiger partial charge in [0.05, 0.1) is 11.3 Å². The van der Waals surface area contributed by atoms with Gasteiger partial charge in [-0.05, 0) is 58.6 Å². The second-order valence-corrected chi connectivity index (χ2v) is 6.63. The molecule has 1 aromatic rings. The van der Waals surface area contributed by atoms with Crippen LogP contribution in [0.3, 0.4) is 0 Å². The Morgan fingerprint density at radius 3 is 2.62 bits per heavy atom. The highest BCUT2D eigenvalue weighted by Crippen LogP contribution is 2.38. The Bertz CT molecular complexity index is 447. The van der Waals surface area contributed by atoms with Crippen molar-refractivity contribution in [3.63, 3.8) is 0 Å². The van der Waals surface area contributed by atoms with Crippen molar-refractivity contribution in [3.8, 4) is 0 Å². The van der Waals surface area contributed by atoms with Crippen molar-refractivity contribution in [1.29, 1.82) is 0 Å². The molecule has 4 nitrogen and oxygen atoms in total. The van der Waals surface area contributed by atoms with Crippen molar-refractivity contribution < 1.29 is 4.74 Å². The van der Waals surface area contributed by atoms with Crippen LogP contribution < -0.4 is 5.32 Å². The fourth-order valence-electron chi connectivity index (χ4n) is 3.75. The first-order chi connectivity index (χ1) is 10.0. The van der Waals surface area contributed by atoms with E-state index in [1.807, 2.05) is 11.7 Å². The number of nitrogens with zero attached hydrogens (tertiary/aromatic N) is 2. The molecule has 1 fully saturated rings. The molecule has 0 amide bonds. The topological polar surface area (TPSA) is 39.1 Å². The molecular weight excluding hydrogens is 262 g/mol. The molecule has 0 aliphatic heterocycles. The summed E-state index contributed by atoms with van der Waals surface area (Å²) in [6.45, 7) is 7.31. The number of hydrogen-bond acceptors (Lipinski definition) is 3. The molecular formula is C17H31N3O. The number of ether oxygens (including phenoxy) is 1. The molecule has 1 saturated carbocycles. The second kappa shape index (κ2) is 6.93. The van der Waals surface area contributed by atoms with E-state index in [4.69, 9.17) is 4.74 Å². The number of rotatable bonds is 6. The highest BCUT2D eigenvalue weighted by atomic mass is 16.5. The molecule has 0 aromatic carbocycles. The van der Waals surface area contributed by atoms with Gasteiger partial charge in [-0.15, -0.1) is 0 Å². The normalized spacial score (nSPS) is 27.8. The van der Waals surface area contributed by atoms with Crippen LogP contribution in [0.1, 0.15) is 50.9 Å². The van der Waals surface area contributed by atoms with Crippen LogP contribution in [0, 0.1) is 12.8 Å². The summed E-state index contributed by atoms with van der Waals surface area (Å²) in [4.78, 5) is 0. The van der Waals surface area contributed by atoms with Crippen molar-refractivity contribution in [3.05, 3.63) is 17.5 Å². The van der Waals surface area contributed by atoms with Gasteiger partial charge in [-0.1, -0.05) is 6.92 Å². The maximum atomic E-state index is 6.30. The fourth-order valence-corrected chi connectivity index (χ4v) is 3.75. The van der Waals surface area contributed by atoms with E-state index in [0.717, 1.165) is 37.5 Å². The summed E-state index contributed by atoms with van der Waals surface area (Å²) < 4.78 is 8.30. The lowest BCUT2D eigenvalue weighted by Gasteiger charge is -2.44. The highest BCUT2D eigenvalue weighted by Gasteiger charge is 2.41. The van der Waals surface area contributed by atoms with Crippen molar-refractivity contribution >= 4 is 0 Å². The maximum Gasteiger partial charge on any atom is 0.0838 e. The first kappa shape index (κ1) is 16.5. The molecule has 1 unspecified atom stereocenters. The summed E-state index contributed by atoms with van der Waals surface area (Å²) in [6, 6.07) is 2.54. The minimum absolute atomic E-state index is 0.0197. The minimum atomic E-state index is -0.0197. The molecule has 1 aromatic heterocycles. The molecule has 21 heavy (non-hydrogen) atoms. The third kappa shape index (κ3) is 3.67. The average molecular weight is 293 g/mol. The number of aromatic nitrogens is 2. The Labute approximate surface area is 129 Å². The van der Waals surface area contributed by atoms with Crippen molar-refractivity contribution in [1.82, 2.24) is 15.1 Å². The van der Waals surface area contributed by atoms with Gasteiger partial charge >= 0.3 is 0 Å². The quantitative estimate of drug-likeness (QED) is 0.876. The van der Waals surface area contributed by atoms with E-state index in [0.29, 0.717) is 6.04 Å².